The molecule has 84 valence electrons. The molecule has 0 aromatic heterocycles. The summed E-state index contributed by atoms with van der Waals surface area (Å²) in [6.07, 6.45) is 0. The number of benzene rings is 2. The zero-order valence-corrected chi connectivity index (χ0v) is 10.3. The molecule has 1 atom stereocenters. The second kappa shape index (κ2) is 5.03. The Morgan fingerprint density at radius 2 is 1.41 bits per heavy atom. The predicted molar refractivity (Wildman–Crippen MR) is 71.7 cm³/mol. The Balaban J connectivity index is 2.27. The fraction of sp³-hybridized carbons (Fsp3) is 0.133. The van der Waals surface area contributed by atoms with E-state index in [2.05, 4.69) is 11.8 Å². The summed E-state index contributed by atoms with van der Waals surface area (Å²) >= 11 is 5.87. The number of hydrogen-bond acceptors (Lipinski definition) is 0. The summed E-state index contributed by atoms with van der Waals surface area (Å²) in [5.41, 5.74) is 3.11. The van der Waals surface area contributed by atoms with E-state index in [1.807, 2.05) is 48.5 Å². The first kappa shape index (κ1) is 11.7. The van der Waals surface area contributed by atoms with E-state index in [9.17, 15) is 0 Å². The molecule has 0 saturated carbocycles. The van der Waals surface area contributed by atoms with Crippen LogP contribution in [0.4, 0.5) is 5.69 Å². The van der Waals surface area contributed by atoms with Crippen LogP contribution in [-0.2, 0) is 0 Å². The molecule has 2 rings (SSSR count). The van der Waals surface area contributed by atoms with Gasteiger partial charge in [-0.3, -0.25) is 0 Å². The molecule has 2 aromatic rings. The van der Waals surface area contributed by atoms with Gasteiger partial charge in [-0.25, -0.2) is 4.85 Å². The third-order valence-electron chi connectivity index (χ3n) is 2.89. The van der Waals surface area contributed by atoms with Gasteiger partial charge in [0.1, 0.15) is 0 Å². The van der Waals surface area contributed by atoms with Crippen molar-refractivity contribution in [2.75, 3.05) is 0 Å². The molecule has 0 aliphatic heterocycles. The predicted octanol–water partition coefficient (Wildman–Crippen LogP) is 5.04. The summed E-state index contributed by atoms with van der Waals surface area (Å²) < 4.78 is 0. The standard InChI is InChI=1S/C15H12ClN/c1-11(12-3-7-14(16)8-4-12)13-5-9-15(17-2)10-6-13/h3-11H,1H3/t11-/m1/s1. The van der Waals surface area contributed by atoms with Crippen molar-refractivity contribution >= 4 is 17.3 Å². The van der Waals surface area contributed by atoms with Crippen molar-refractivity contribution in [3.8, 4) is 0 Å². The topological polar surface area (TPSA) is 4.36 Å². The van der Waals surface area contributed by atoms with E-state index in [-0.39, 0.29) is 0 Å². The van der Waals surface area contributed by atoms with Crippen molar-refractivity contribution in [1.82, 2.24) is 0 Å². The third-order valence-corrected chi connectivity index (χ3v) is 3.14. The van der Waals surface area contributed by atoms with Crippen LogP contribution >= 0.6 is 11.6 Å². The van der Waals surface area contributed by atoms with Gasteiger partial charge in [-0.1, -0.05) is 54.9 Å². The molecule has 0 saturated heterocycles. The van der Waals surface area contributed by atoms with Gasteiger partial charge >= 0.3 is 0 Å². The molecule has 0 bridgehead atoms. The fourth-order valence-electron chi connectivity index (χ4n) is 1.78. The van der Waals surface area contributed by atoms with E-state index in [1.165, 1.54) is 11.1 Å². The van der Waals surface area contributed by atoms with E-state index >= 15 is 0 Å². The summed E-state index contributed by atoms with van der Waals surface area (Å²) in [7, 11) is 0. The van der Waals surface area contributed by atoms with E-state index in [4.69, 9.17) is 18.2 Å². The van der Waals surface area contributed by atoms with Gasteiger partial charge in [0, 0.05) is 10.9 Å². The Morgan fingerprint density at radius 3 is 1.88 bits per heavy atom. The smallest absolute Gasteiger partial charge is 0.187 e. The largest absolute Gasteiger partial charge is 0.238 e. The molecular formula is C15H12ClN. The molecule has 2 heteroatoms. The molecular weight excluding hydrogens is 230 g/mol. The first-order chi connectivity index (χ1) is 8.20. The lowest BCUT2D eigenvalue weighted by molar-refractivity contribution is 0.923. The summed E-state index contributed by atoms with van der Waals surface area (Å²) in [4.78, 5) is 3.39. The van der Waals surface area contributed by atoms with Gasteiger partial charge < -0.3 is 0 Å². The minimum absolute atomic E-state index is 0.312. The van der Waals surface area contributed by atoms with Crippen molar-refractivity contribution in [2.45, 2.75) is 12.8 Å². The van der Waals surface area contributed by atoms with E-state index < -0.39 is 0 Å². The number of halogens is 1. The maximum absolute atomic E-state index is 6.92. The lowest BCUT2D eigenvalue weighted by atomic mass is 9.93. The third kappa shape index (κ3) is 2.67. The van der Waals surface area contributed by atoms with E-state index in [1.54, 1.807) is 0 Å². The summed E-state index contributed by atoms with van der Waals surface area (Å²) in [5, 5.41) is 0.754. The van der Waals surface area contributed by atoms with Crippen LogP contribution in [0.2, 0.25) is 5.02 Å². The molecule has 0 fully saturated rings. The Kier molecular flexibility index (Phi) is 3.46. The SMILES string of the molecule is [C-]#[N+]c1ccc([C@H](C)c2ccc(Cl)cc2)cc1. The molecule has 0 spiro atoms. The highest BCUT2D eigenvalue weighted by Crippen LogP contribution is 2.26. The molecule has 1 nitrogen and oxygen atoms in total. The second-order valence-corrected chi connectivity index (χ2v) is 4.41. The molecule has 0 radical (unpaired) electrons. The van der Waals surface area contributed by atoms with Gasteiger partial charge in [0.2, 0.25) is 0 Å². The van der Waals surface area contributed by atoms with Gasteiger partial charge in [0.25, 0.3) is 0 Å². The molecule has 17 heavy (non-hydrogen) atoms. The molecule has 0 amide bonds. The Hall–Kier alpha value is -1.78. The molecule has 0 N–H and O–H groups in total. The number of nitrogens with zero attached hydrogens (tertiary/aromatic N) is 1. The van der Waals surface area contributed by atoms with Crippen LogP contribution < -0.4 is 0 Å². The maximum atomic E-state index is 6.92. The first-order valence-electron chi connectivity index (χ1n) is 5.43. The summed E-state index contributed by atoms with van der Waals surface area (Å²) in [6, 6.07) is 15.6. The van der Waals surface area contributed by atoms with Gasteiger partial charge in [-0.15, -0.1) is 0 Å². The van der Waals surface area contributed by atoms with Gasteiger partial charge in [-0.05, 0) is 23.3 Å². The highest BCUT2D eigenvalue weighted by molar-refractivity contribution is 6.30. The van der Waals surface area contributed by atoms with Gasteiger partial charge in [0.05, 0.1) is 6.57 Å². The lowest BCUT2D eigenvalue weighted by Gasteiger charge is -2.12. The minimum Gasteiger partial charge on any atom is -0.238 e. The van der Waals surface area contributed by atoms with Crippen LogP contribution in [0.1, 0.15) is 24.0 Å². The lowest BCUT2D eigenvalue weighted by Crippen LogP contribution is -1.94. The molecule has 0 aliphatic rings. The monoisotopic (exact) mass is 241 g/mol. The average Bonchev–Trinajstić information content (AvgIpc) is 2.39. The highest BCUT2D eigenvalue weighted by atomic mass is 35.5. The molecule has 2 aromatic carbocycles. The maximum Gasteiger partial charge on any atom is 0.187 e. The number of hydrogen-bond donors (Lipinski definition) is 0. The fourth-order valence-corrected chi connectivity index (χ4v) is 1.91. The van der Waals surface area contributed by atoms with Crippen molar-refractivity contribution in [3.63, 3.8) is 0 Å². The van der Waals surface area contributed by atoms with Crippen LogP contribution in [0.5, 0.6) is 0 Å². The van der Waals surface area contributed by atoms with Crippen molar-refractivity contribution in [3.05, 3.63) is 76.1 Å². The van der Waals surface area contributed by atoms with E-state index in [0.717, 1.165) is 5.02 Å². The summed E-state index contributed by atoms with van der Waals surface area (Å²) in [6.45, 7) is 9.07. The molecule has 0 heterocycles. The molecule has 0 unspecified atom stereocenters. The Labute approximate surface area is 106 Å². The second-order valence-electron chi connectivity index (χ2n) is 3.98. The Bertz CT molecular complexity index is 535. The van der Waals surface area contributed by atoms with Crippen LogP contribution in [0.25, 0.3) is 4.85 Å². The van der Waals surface area contributed by atoms with Crippen molar-refractivity contribution < 1.29 is 0 Å². The molecule has 0 aliphatic carbocycles. The first-order valence-corrected chi connectivity index (χ1v) is 5.81. The van der Waals surface area contributed by atoms with Crippen LogP contribution in [0, 0.1) is 6.57 Å². The quantitative estimate of drug-likeness (QED) is 0.649. The number of rotatable bonds is 2. The summed E-state index contributed by atoms with van der Waals surface area (Å²) in [5.74, 6) is 0.312. The average molecular weight is 242 g/mol. The zero-order valence-electron chi connectivity index (χ0n) is 9.52. The van der Waals surface area contributed by atoms with Crippen LogP contribution in [0.3, 0.4) is 0 Å². The zero-order chi connectivity index (χ0) is 12.3. The Morgan fingerprint density at radius 1 is 0.941 bits per heavy atom. The van der Waals surface area contributed by atoms with Crippen LogP contribution in [-0.4, -0.2) is 0 Å². The van der Waals surface area contributed by atoms with E-state index in [0.29, 0.717) is 11.6 Å². The van der Waals surface area contributed by atoms with Crippen LogP contribution in [0.15, 0.2) is 48.5 Å². The normalized spacial score (nSPS) is 11.8. The van der Waals surface area contributed by atoms with Crippen molar-refractivity contribution in [1.29, 1.82) is 0 Å². The minimum atomic E-state index is 0.312. The van der Waals surface area contributed by atoms with Gasteiger partial charge in [-0.2, -0.15) is 0 Å². The highest BCUT2D eigenvalue weighted by Gasteiger charge is 2.07. The van der Waals surface area contributed by atoms with Crippen molar-refractivity contribution in [2.24, 2.45) is 0 Å². The van der Waals surface area contributed by atoms with Gasteiger partial charge in [0.15, 0.2) is 5.69 Å².